The summed E-state index contributed by atoms with van der Waals surface area (Å²) < 4.78 is 0. The van der Waals surface area contributed by atoms with Crippen LogP contribution in [0.4, 0.5) is 0 Å². The van der Waals surface area contributed by atoms with Gasteiger partial charge in [-0.15, -0.1) is 0 Å². The van der Waals surface area contributed by atoms with Gasteiger partial charge in [0.15, 0.2) is 0 Å². The van der Waals surface area contributed by atoms with Gasteiger partial charge in [0.2, 0.25) is 0 Å². The van der Waals surface area contributed by atoms with Crippen LogP contribution in [0.5, 0.6) is 5.75 Å². The lowest BCUT2D eigenvalue weighted by Gasteiger charge is -2.29. The zero-order chi connectivity index (χ0) is 13.8. The zero-order valence-corrected chi connectivity index (χ0v) is 10.9. The third-order valence-corrected chi connectivity index (χ3v) is 3.10. The Morgan fingerprint density at radius 3 is 2.56 bits per heavy atom. The van der Waals surface area contributed by atoms with Crippen molar-refractivity contribution >= 4 is 5.97 Å². The highest BCUT2D eigenvalue weighted by Gasteiger charge is 2.37. The standard InChI is InChI=1S/C14H21NO3/c1-10(2)7-14(9-15,13(17)18)8-11-4-3-5-12(16)6-11/h3-6,10,16H,7-9,15H2,1-2H3,(H,17,18). The Morgan fingerprint density at radius 1 is 1.44 bits per heavy atom. The molecule has 0 saturated carbocycles. The fourth-order valence-corrected chi connectivity index (χ4v) is 2.32. The smallest absolute Gasteiger partial charge is 0.311 e. The number of hydrogen-bond donors (Lipinski definition) is 3. The number of rotatable bonds is 6. The maximum atomic E-state index is 11.5. The molecule has 0 fully saturated rings. The summed E-state index contributed by atoms with van der Waals surface area (Å²) in [4.78, 5) is 11.5. The largest absolute Gasteiger partial charge is 0.508 e. The summed E-state index contributed by atoms with van der Waals surface area (Å²) in [5, 5.41) is 18.9. The molecule has 0 radical (unpaired) electrons. The Bertz CT molecular complexity index is 417. The van der Waals surface area contributed by atoms with Gasteiger partial charge in [-0.3, -0.25) is 4.79 Å². The van der Waals surface area contributed by atoms with Crippen molar-refractivity contribution in [3.63, 3.8) is 0 Å². The van der Waals surface area contributed by atoms with Crippen LogP contribution in [-0.2, 0) is 11.2 Å². The first-order valence-corrected chi connectivity index (χ1v) is 6.11. The van der Waals surface area contributed by atoms with E-state index in [1.54, 1.807) is 18.2 Å². The molecule has 1 aromatic carbocycles. The molecule has 0 aliphatic carbocycles. The molecule has 0 aromatic heterocycles. The number of carboxylic acids is 1. The van der Waals surface area contributed by atoms with Gasteiger partial charge in [-0.05, 0) is 36.5 Å². The molecular weight excluding hydrogens is 230 g/mol. The number of phenolic OH excluding ortho intramolecular Hbond substituents is 1. The number of phenols is 1. The van der Waals surface area contributed by atoms with Gasteiger partial charge in [-0.1, -0.05) is 26.0 Å². The number of nitrogens with two attached hydrogens (primary N) is 1. The lowest BCUT2D eigenvalue weighted by molar-refractivity contribution is -0.149. The molecule has 0 aliphatic rings. The van der Waals surface area contributed by atoms with E-state index in [0.29, 0.717) is 12.8 Å². The van der Waals surface area contributed by atoms with E-state index in [9.17, 15) is 15.0 Å². The molecule has 0 amide bonds. The normalized spacial score (nSPS) is 14.4. The molecule has 1 rings (SSSR count). The average molecular weight is 251 g/mol. The van der Waals surface area contributed by atoms with E-state index in [-0.39, 0.29) is 18.2 Å². The van der Waals surface area contributed by atoms with Crippen molar-refractivity contribution in [1.29, 1.82) is 0 Å². The van der Waals surface area contributed by atoms with E-state index < -0.39 is 11.4 Å². The molecule has 0 heterocycles. The van der Waals surface area contributed by atoms with Crippen molar-refractivity contribution in [3.05, 3.63) is 29.8 Å². The van der Waals surface area contributed by atoms with E-state index in [2.05, 4.69) is 0 Å². The number of aliphatic carboxylic acids is 1. The van der Waals surface area contributed by atoms with Crippen molar-refractivity contribution in [2.24, 2.45) is 17.1 Å². The molecule has 4 N–H and O–H groups in total. The summed E-state index contributed by atoms with van der Waals surface area (Å²) in [7, 11) is 0. The Hall–Kier alpha value is -1.55. The molecule has 0 bridgehead atoms. The number of carboxylic acid groups (broad SMARTS) is 1. The highest BCUT2D eigenvalue weighted by Crippen LogP contribution is 2.31. The number of carbonyl (C=O) groups is 1. The highest BCUT2D eigenvalue weighted by molar-refractivity contribution is 5.75. The minimum atomic E-state index is -0.956. The molecule has 0 saturated heterocycles. The van der Waals surface area contributed by atoms with Gasteiger partial charge in [-0.2, -0.15) is 0 Å². The fraction of sp³-hybridized carbons (Fsp3) is 0.500. The van der Waals surface area contributed by atoms with Gasteiger partial charge >= 0.3 is 5.97 Å². The van der Waals surface area contributed by atoms with Crippen LogP contribution in [0.15, 0.2) is 24.3 Å². The van der Waals surface area contributed by atoms with Crippen LogP contribution in [0.25, 0.3) is 0 Å². The molecule has 100 valence electrons. The van der Waals surface area contributed by atoms with Crippen LogP contribution < -0.4 is 5.73 Å². The van der Waals surface area contributed by atoms with Crippen molar-refractivity contribution in [2.45, 2.75) is 26.7 Å². The number of benzene rings is 1. The molecule has 1 atom stereocenters. The van der Waals surface area contributed by atoms with Crippen LogP contribution in [0.3, 0.4) is 0 Å². The molecule has 4 nitrogen and oxygen atoms in total. The molecule has 1 unspecified atom stereocenters. The van der Waals surface area contributed by atoms with E-state index in [4.69, 9.17) is 5.73 Å². The maximum absolute atomic E-state index is 11.5. The van der Waals surface area contributed by atoms with Gasteiger partial charge in [0.05, 0.1) is 5.41 Å². The topological polar surface area (TPSA) is 83.5 Å². The first kappa shape index (κ1) is 14.5. The summed E-state index contributed by atoms with van der Waals surface area (Å²) in [6.45, 7) is 4.06. The zero-order valence-electron chi connectivity index (χ0n) is 10.9. The van der Waals surface area contributed by atoms with E-state index in [1.165, 1.54) is 0 Å². The van der Waals surface area contributed by atoms with Crippen LogP contribution in [0, 0.1) is 11.3 Å². The molecule has 18 heavy (non-hydrogen) atoms. The second-order valence-electron chi connectivity index (χ2n) is 5.23. The van der Waals surface area contributed by atoms with Crippen LogP contribution in [-0.4, -0.2) is 22.7 Å². The second kappa shape index (κ2) is 5.87. The lowest BCUT2D eigenvalue weighted by atomic mass is 9.75. The monoisotopic (exact) mass is 251 g/mol. The number of aromatic hydroxyl groups is 1. The first-order chi connectivity index (χ1) is 8.39. The quantitative estimate of drug-likeness (QED) is 0.722. The van der Waals surface area contributed by atoms with Crippen molar-refractivity contribution < 1.29 is 15.0 Å². The predicted molar refractivity (Wildman–Crippen MR) is 70.4 cm³/mol. The van der Waals surface area contributed by atoms with E-state index in [0.717, 1.165) is 5.56 Å². The fourth-order valence-electron chi connectivity index (χ4n) is 2.32. The van der Waals surface area contributed by atoms with Gasteiger partial charge in [-0.25, -0.2) is 0 Å². The van der Waals surface area contributed by atoms with Crippen molar-refractivity contribution in [2.75, 3.05) is 6.54 Å². The summed E-state index contributed by atoms with van der Waals surface area (Å²) in [6.07, 6.45) is 0.861. The Kier molecular flexibility index (Phi) is 4.73. The third-order valence-electron chi connectivity index (χ3n) is 3.10. The molecule has 1 aromatic rings. The highest BCUT2D eigenvalue weighted by atomic mass is 16.4. The summed E-state index contributed by atoms with van der Waals surface area (Å²) in [6, 6.07) is 6.68. The molecule has 0 aliphatic heterocycles. The summed E-state index contributed by atoms with van der Waals surface area (Å²) in [5.74, 6) is -0.475. The van der Waals surface area contributed by atoms with Crippen LogP contribution in [0.1, 0.15) is 25.8 Å². The maximum Gasteiger partial charge on any atom is 0.311 e. The predicted octanol–water partition coefficient (Wildman–Crippen LogP) is 2.01. The Balaban J connectivity index is 3.00. The van der Waals surface area contributed by atoms with Crippen LogP contribution >= 0.6 is 0 Å². The van der Waals surface area contributed by atoms with Gasteiger partial charge in [0, 0.05) is 6.54 Å². The Morgan fingerprint density at radius 2 is 2.11 bits per heavy atom. The molecule has 4 heteroatoms. The van der Waals surface area contributed by atoms with Gasteiger partial charge in [0.25, 0.3) is 0 Å². The minimum absolute atomic E-state index is 0.0934. The van der Waals surface area contributed by atoms with Crippen molar-refractivity contribution in [1.82, 2.24) is 0 Å². The van der Waals surface area contributed by atoms with E-state index >= 15 is 0 Å². The SMILES string of the molecule is CC(C)CC(CN)(Cc1cccc(O)c1)C(=O)O. The van der Waals surface area contributed by atoms with Gasteiger partial charge in [0.1, 0.15) is 5.75 Å². The minimum Gasteiger partial charge on any atom is -0.508 e. The third kappa shape index (κ3) is 3.47. The first-order valence-electron chi connectivity index (χ1n) is 6.11. The van der Waals surface area contributed by atoms with Gasteiger partial charge < -0.3 is 15.9 Å². The molecule has 0 spiro atoms. The number of hydrogen-bond acceptors (Lipinski definition) is 3. The lowest BCUT2D eigenvalue weighted by Crippen LogP contribution is -2.41. The summed E-state index contributed by atoms with van der Waals surface area (Å²) in [5.41, 5.74) is 5.54. The summed E-state index contributed by atoms with van der Waals surface area (Å²) >= 11 is 0. The average Bonchev–Trinajstić information content (AvgIpc) is 2.27. The van der Waals surface area contributed by atoms with Crippen molar-refractivity contribution in [3.8, 4) is 5.75 Å². The second-order valence-corrected chi connectivity index (χ2v) is 5.23. The van der Waals surface area contributed by atoms with E-state index in [1.807, 2.05) is 19.9 Å². The van der Waals surface area contributed by atoms with Crippen LogP contribution in [0.2, 0.25) is 0 Å². The molecular formula is C14H21NO3. The Labute approximate surface area is 107 Å².